The quantitative estimate of drug-likeness (QED) is 0.845. The van der Waals surface area contributed by atoms with Gasteiger partial charge in [-0.15, -0.1) is 0 Å². The normalized spacial score (nSPS) is 10.2. The van der Waals surface area contributed by atoms with Gasteiger partial charge in [0.25, 0.3) is 5.91 Å². The summed E-state index contributed by atoms with van der Waals surface area (Å²) in [5.41, 5.74) is 2.35. The van der Waals surface area contributed by atoms with Gasteiger partial charge in [0.2, 0.25) is 0 Å². The number of hydrogen-bond acceptors (Lipinski definition) is 4. The number of hydrogen-bond donors (Lipinski definition) is 1. The minimum atomic E-state index is -0.348. The van der Waals surface area contributed by atoms with Gasteiger partial charge in [-0.1, -0.05) is 0 Å². The molecule has 2 aromatic rings. The fourth-order valence-electron chi connectivity index (χ4n) is 1.81. The number of benzene rings is 1. The van der Waals surface area contributed by atoms with Gasteiger partial charge in [-0.05, 0) is 37.3 Å². The van der Waals surface area contributed by atoms with Crippen LogP contribution in [0.4, 0.5) is 0 Å². The number of rotatable bonds is 5. The first-order chi connectivity index (χ1) is 10.1. The van der Waals surface area contributed by atoms with Crippen LogP contribution in [0, 0.1) is 6.92 Å². The zero-order valence-electron chi connectivity index (χ0n) is 12.0. The largest absolute Gasteiger partial charge is 0.469 e. The van der Waals surface area contributed by atoms with Gasteiger partial charge in [-0.3, -0.25) is 9.59 Å². The lowest BCUT2D eigenvalue weighted by Gasteiger charge is -2.06. The van der Waals surface area contributed by atoms with E-state index in [1.165, 1.54) is 7.11 Å². The van der Waals surface area contributed by atoms with E-state index in [0.717, 1.165) is 11.4 Å². The smallest absolute Gasteiger partial charge is 0.307 e. The standard InChI is InChI=1S/C15H17N3O3/c1-11-8-10-18(17-11)13-5-3-12(4-6-13)15(20)16-9-7-14(19)21-2/h3-6,8,10H,7,9H2,1-2H3,(H,16,20). The highest BCUT2D eigenvalue weighted by atomic mass is 16.5. The molecule has 1 heterocycles. The molecule has 0 fully saturated rings. The summed E-state index contributed by atoms with van der Waals surface area (Å²) in [5.74, 6) is -0.568. The average Bonchev–Trinajstić information content (AvgIpc) is 2.93. The topological polar surface area (TPSA) is 73.2 Å². The first-order valence-electron chi connectivity index (χ1n) is 6.58. The SMILES string of the molecule is COC(=O)CCNC(=O)c1ccc(-n2ccc(C)n2)cc1. The molecule has 0 atom stereocenters. The van der Waals surface area contributed by atoms with Gasteiger partial charge in [0, 0.05) is 18.3 Å². The van der Waals surface area contributed by atoms with Crippen LogP contribution < -0.4 is 5.32 Å². The van der Waals surface area contributed by atoms with Crippen LogP contribution in [-0.4, -0.2) is 35.3 Å². The summed E-state index contributed by atoms with van der Waals surface area (Å²) < 4.78 is 6.25. The minimum absolute atomic E-state index is 0.160. The zero-order valence-corrected chi connectivity index (χ0v) is 12.0. The maximum Gasteiger partial charge on any atom is 0.307 e. The van der Waals surface area contributed by atoms with Crippen LogP contribution in [0.25, 0.3) is 5.69 Å². The first kappa shape index (κ1) is 14.8. The molecular weight excluding hydrogens is 270 g/mol. The Kier molecular flexibility index (Phi) is 4.71. The fraction of sp³-hybridized carbons (Fsp3) is 0.267. The van der Waals surface area contributed by atoms with E-state index in [1.54, 1.807) is 16.8 Å². The van der Waals surface area contributed by atoms with Crippen molar-refractivity contribution >= 4 is 11.9 Å². The zero-order chi connectivity index (χ0) is 15.2. The lowest BCUT2D eigenvalue weighted by molar-refractivity contribution is -0.140. The molecule has 1 aromatic heterocycles. The number of amides is 1. The van der Waals surface area contributed by atoms with Gasteiger partial charge in [0.1, 0.15) is 0 Å². The predicted molar refractivity (Wildman–Crippen MR) is 77.3 cm³/mol. The second-order valence-corrected chi connectivity index (χ2v) is 4.53. The van der Waals surface area contributed by atoms with Crippen molar-refractivity contribution in [1.82, 2.24) is 15.1 Å². The number of methoxy groups -OCH3 is 1. The summed E-state index contributed by atoms with van der Waals surface area (Å²) in [5, 5.41) is 6.96. The number of carbonyl (C=O) groups excluding carboxylic acids is 2. The molecule has 6 heteroatoms. The van der Waals surface area contributed by atoms with E-state index in [9.17, 15) is 9.59 Å². The Morgan fingerprint density at radius 1 is 1.24 bits per heavy atom. The van der Waals surface area contributed by atoms with Crippen molar-refractivity contribution in [2.45, 2.75) is 13.3 Å². The molecule has 0 saturated carbocycles. The van der Waals surface area contributed by atoms with Crippen molar-refractivity contribution in [2.75, 3.05) is 13.7 Å². The Balaban J connectivity index is 1.95. The summed E-state index contributed by atoms with van der Waals surface area (Å²) in [7, 11) is 1.32. The molecule has 0 bridgehead atoms. The van der Waals surface area contributed by atoms with Gasteiger partial charge in [-0.25, -0.2) is 4.68 Å². The number of ether oxygens (including phenoxy) is 1. The molecule has 0 aliphatic carbocycles. The lowest BCUT2D eigenvalue weighted by atomic mass is 10.2. The molecule has 1 aromatic carbocycles. The molecule has 1 N–H and O–H groups in total. The van der Waals surface area contributed by atoms with Crippen LogP contribution >= 0.6 is 0 Å². The summed E-state index contributed by atoms with van der Waals surface area (Å²) in [6.07, 6.45) is 2.02. The average molecular weight is 287 g/mol. The van der Waals surface area contributed by atoms with E-state index >= 15 is 0 Å². The molecule has 0 aliphatic heterocycles. The second-order valence-electron chi connectivity index (χ2n) is 4.53. The summed E-state index contributed by atoms with van der Waals surface area (Å²) >= 11 is 0. The summed E-state index contributed by atoms with van der Waals surface area (Å²) in [6, 6.07) is 9.00. The second kappa shape index (κ2) is 6.69. The van der Waals surface area contributed by atoms with E-state index in [4.69, 9.17) is 0 Å². The van der Waals surface area contributed by atoms with Crippen LogP contribution in [0.5, 0.6) is 0 Å². The van der Waals surface area contributed by atoms with E-state index in [0.29, 0.717) is 5.56 Å². The van der Waals surface area contributed by atoms with Crippen molar-refractivity contribution in [2.24, 2.45) is 0 Å². The van der Waals surface area contributed by atoms with Crippen molar-refractivity contribution < 1.29 is 14.3 Å². The fourth-order valence-corrected chi connectivity index (χ4v) is 1.81. The number of nitrogens with one attached hydrogen (secondary N) is 1. The Bertz CT molecular complexity index is 632. The molecule has 0 spiro atoms. The maximum atomic E-state index is 11.9. The monoisotopic (exact) mass is 287 g/mol. The molecule has 1 amide bonds. The van der Waals surface area contributed by atoms with Gasteiger partial charge < -0.3 is 10.1 Å². The first-order valence-corrected chi connectivity index (χ1v) is 6.58. The Labute approximate surface area is 122 Å². The van der Waals surface area contributed by atoms with Crippen molar-refractivity contribution in [3.63, 3.8) is 0 Å². The van der Waals surface area contributed by atoms with Crippen LogP contribution in [0.1, 0.15) is 22.5 Å². The third kappa shape index (κ3) is 3.92. The molecule has 21 heavy (non-hydrogen) atoms. The highest BCUT2D eigenvalue weighted by Crippen LogP contribution is 2.09. The Morgan fingerprint density at radius 2 is 1.95 bits per heavy atom. The van der Waals surface area contributed by atoms with Crippen LogP contribution in [0.15, 0.2) is 36.5 Å². The van der Waals surface area contributed by atoms with Crippen LogP contribution in [-0.2, 0) is 9.53 Å². The van der Waals surface area contributed by atoms with Gasteiger partial charge in [0.15, 0.2) is 0 Å². The van der Waals surface area contributed by atoms with E-state index < -0.39 is 0 Å². The summed E-state index contributed by atoms with van der Waals surface area (Å²) in [4.78, 5) is 22.8. The predicted octanol–water partition coefficient (Wildman–Crippen LogP) is 1.47. The van der Waals surface area contributed by atoms with Crippen LogP contribution in [0.2, 0.25) is 0 Å². The maximum absolute atomic E-state index is 11.9. The van der Waals surface area contributed by atoms with Gasteiger partial charge >= 0.3 is 5.97 Å². The third-order valence-corrected chi connectivity index (χ3v) is 2.96. The molecule has 110 valence electrons. The number of carbonyl (C=O) groups is 2. The van der Waals surface area contributed by atoms with E-state index in [1.807, 2.05) is 31.3 Å². The highest BCUT2D eigenvalue weighted by molar-refractivity contribution is 5.94. The van der Waals surface area contributed by atoms with Crippen molar-refractivity contribution in [1.29, 1.82) is 0 Å². The minimum Gasteiger partial charge on any atom is -0.469 e. The van der Waals surface area contributed by atoms with Crippen LogP contribution in [0.3, 0.4) is 0 Å². The molecule has 0 unspecified atom stereocenters. The number of nitrogens with zero attached hydrogens (tertiary/aromatic N) is 2. The third-order valence-electron chi connectivity index (χ3n) is 2.96. The molecule has 2 rings (SSSR count). The van der Waals surface area contributed by atoms with E-state index in [2.05, 4.69) is 15.2 Å². The number of aromatic nitrogens is 2. The summed E-state index contributed by atoms with van der Waals surface area (Å²) in [6.45, 7) is 2.17. The molecule has 0 aliphatic rings. The van der Waals surface area contributed by atoms with Gasteiger partial charge in [0.05, 0.1) is 24.9 Å². The van der Waals surface area contributed by atoms with Gasteiger partial charge in [-0.2, -0.15) is 5.10 Å². The number of esters is 1. The number of aryl methyl sites for hydroxylation is 1. The molecule has 6 nitrogen and oxygen atoms in total. The lowest BCUT2D eigenvalue weighted by Crippen LogP contribution is -2.26. The van der Waals surface area contributed by atoms with Crippen molar-refractivity contribution in [3.8, 4) is 5.69 Å². The van der Waals surface area contributed by atoms with Crippen molar-refractivity contribution in [3.05, 3.63) is 47.8 Å². The molecule has 0 saturated heterocycles. The molecular formula is C15H17N3O3. The van der Waals surface area contributed by atoms with E-state index in [-0.39, 0.29) is 24.8 Å². The Morgan fingerprint density at radius 3 is 2.52 bits per heavy atom. The highest BCUT2D eigenvalue weighted by Gasteiger charge is 2.07. The Hall–Kier alpha value is -2.63. The molecule has 0 radical (unpaired) electrons.